The van der Waals surface area contributed by atoms with E-state index in [4.69, 9.17) is 0 Å². The molecule has 1 atom stereocenters. The molecule has 4 rings (SSSR count). The van der Waals surface area contributed by atoms with Crippen LogP contribution in [0.4, 0.5) is 5.69 Å². The zero-order valence-electron chi connectivity index (χ0n) is 13.9. The lowest BCUT2D eigenvalue weighted by molar-refractivity contribution is -0.119. The van der Waals surface area contributed by atoms with E-state index in [0.29, 0.717) is 29.2 Å². The first-order chi connectivity index (χ1) is 12.6. The molecule has 2 aromatic carbocycles. The number of fused-ring (bicyclic) bond motifs is 1. The standard InChI is InChI=1S/C19H17N3O3S/c23-13-8-9-16-14(11-13)21-18(26-16)19(25)22-10-4-7-15(22)17(24)20-12-5-2-1-3-6-12/h1-3,5-6,8-9,11,15,23H,4,7,10H2,(H,20,24)/t15-/m0/s1. The fraction of sp³-hybridized carbons (Fsp3) is 0.211. The van der Waals surface area contributed by atoms with Gasteiger partial charge in [0.2, 0.25) is 5.91 Å². The SMILES string of the molecule is O=C(Nc1ccccc1)[C@@H]1CCCN1C(=O)c1nc2cc(O)ccc2s1. The second-order valence-electron chi connectivity index (χ2n) is 6.18. The molecular weight excluding hydrogens is 350 g/mol. The third-order valence-electron chi connectivity index (χ3n) is 4.41. The zero-order chi connectivity index (χ0) is 18.1. The Morgan fingerprint density at radius 2 is 2.00 bits per heavy atom. The summed E-state index contributed by atoms with van der Waals surface area (Å²) in [5.41, 5.74) is 1.30. The summed E-state index contributed by atoms with van der Waals surface area (Å²) < 4.78 is 0.829. The van der Waals surface area contributed by atoms with Gasteiger partial charge in [0.25, 0.3) is 5.91 Å². The molecule has 6 nitrogen and oxygen atoms in total. The van der Waals surface area contributed by atoms with E-state index in [2.05, 4.69) is 10.3 Å². The number of hydrogen-bond donors (Lipinski definition) is 2. The Morgan fingerprint density at radius 1 is 1.19 bits per heavy atom. The number of carbonyl (C=O) groups excluding carboxylic acids is 2. The Morgan fingerprint density at radius 3 is 2.81 bits per heavy atom. The van der Waals surface area contributed by atoms with Crippen molar-refractivity contribution in [3.8, 4) is 5.75 Å². The lowest BCUT2D eigenvalue weighted by Gasteiger charge is -2.23. The van der Waals surface area contributed by atoms with Crippen LogP contribution in [0.2, 0.25) is 0 Å². The second kappa shape index (κ2) is 6.76. The number of phenolic OH excluding ortho intramolecular Hbond substituents is 1. The Labute approximate surface area is 154 Å². The van der Waals surface area contributed by atoms with Gasteiger partial charge in [0.15, 0.2) is 5.01 Å². The maximum absolute atomic E-state index is 12.9. The van der Waals surface area contributed by atoms with Gasteiger partial charge in [-0.3, -0.25) is 9.59 Å². The number of phenols is 1. The van der Waals surface area contributed by atoms with E-state index < -0.39 is 6.04 Å². The number of aromatic hydroxyl groups is 1. The Balaban J connectivity index is 1.55. The van der Waals surface area contributed by atoms with Crippen LogP contribution in [0, 0.1) is 0 Å². The van der Waals surface area contributed by atoms with Gasteiger partial charge in [-0.25, -0.2) is 4.98 Å². The Kier molecular flexibility index (Phi) is 4.30. The number of para-hydroxylation sites is 1. The summed E-state index contributed by atoms with van der Waals surface area (Å²) in [5.74, 6) is -0.305. The highest BCUT2D eigenvalue weighted by Gasteiger charge is 2.35. The number of nitrogens with zero attached hydrogens (tertiary/aromatic N) is 2. The first-order valence-electron chi connectivity index (χ1n) is 8.38. The summed E-state index contributed by atoms with van der Waals surface area (Å²) in [4.78, 5) is 31.4. The minimum Gasteiger partial charge on any atom is -0.508 e. The molecule has 0 unspecified atom stereocenters. The normalized spacial score (nSPS) is 16.8. The van der Waals surface area contributed by atoms with Crippen LogP contribution in [0.3, 0.4) is 0 Å². The molecule has 1 fully saturated rings. The van der Waals surface area contributed by atoms with Crippen molar-refractivity contribution in [2.75, 3.05) is 11.9 Å². The highest BCUT2D eigenvalue weighted by molar-refractivity contribution is 7.20. The molecule has 26 heavy (non-hydrogen) atoms. The van der Waals surface area contributed by atoms with E-state index >= 15 is 0 Å². The van der Waals surface area contributed by atoms with E-state index in [-0.39, 0.29) is 17.6 Å². The topological polar surface area (TPSA) is 82.5 Å². The summed E-state index contributed by atoms with van der Waals surface area (Å²) in [7, 11) is 0. The summed E-state index contributed by atoms with van der Waals surface area (Å²) in [6.07, 6.45) is 1.42. The van der Waals surface area contributed by atoms with Crippen LogP contribution in [0.25, 0.3) is 10.2 Å². The molecule has 2 N–H and O–H groups in total. The van der Waals surface area contributed by atoms with E-state index in [1.807, 2.05) is 30.3 Å². The first kappa shape index (κ1) is 16.5. The summed E-state index contributed by atoms with van der Waals surface area (Å²) in [6.45, 7) is 0.535. The van der Waals surface area contributed by atoms with Crippen molar-refractivity contribution in [2.45, 2.75) is 18.9 Å². The molecule has 3 aromatic rings. The van der Waals surface area contributed by atoms with Crippen molar-refractivity contribution in [1.29, 1.82) is 0 Å². The van der Waals surface area contributed by atoms with Crippen molar-refractivity contribution in [2.24, 2.45) is 0 Å². The molecule has 0 radical (unpaired) electrons. The van der Waals surface area contributed by atoms with Crippen LogP contribution < -0.4 is 5.32 Å². The van der Waals surface area contributed by atoms with Crippen molar-refractivity contribution in [3.63, 3.8) is 0 Å². The Hall–Kier alpha value is -2.93. The minimum atomic E-state index is -0.497. The summed E-state index contributed by atoms with van der Waals surface area (Å²) >= 11 is 1.27. The third-order valence-corrected chi connectivity index (χ3v) is 5.44. The van der Waals surface area contributed by atoms with Crippen LogP contribution in [-0.2, 0) is 4.79 Å². The fourth-order valence-corrected chi connectivity index (χ4v) is 4.06. The van der Waals surface area contributed by atoms with Gasteiger partial charge in [0.05, 0.1) is 10.2 Å². The van der Waals surface area contributed by atoms with Crippen LogP contribution >= 0.6 is 11.3 Å². The fourth-order valence-electron chi connectivity index (χ4n) is 3.16. The van der Waals surface area contributed by atoms with E-state index in [9.17, 15) is 14.7 Å². The molecule has 0 saturated carbocycles. The number of amides is 2. The van der Waals surface area contributed by atoms with Gasteiger partial charge in [-0.1, -0.05) is 18.2 Å². The number of aromatic nitrogens is 1. The van der Waals surface area contributed by atoms with Crippen LogP contribution in [-0.4, -0.2) is 39.4 Å². The van der Waals surface area contributed by atoms with Crippen molar-refractivity contribution in [1.82, 2.24) is 9.88 Å². The molecule has 1 saturated heterocycles. The lowest BCUT2D eigenvalue weighted by atomic mass is 10.2. The van der Waals surface area contributed by atoms with Gasteiger partial charge >= 0.3 is 0 Å². The smallest absolute Gasteiger partial charge is 0.283 e. The maximum atomic E-state index is 12.9. The molecule has 1 aliphatic heterocycles. The van der Waals surface area contributed by atoms with Gasteiger partial charge in [-0.15, -0.1) is 11.3 Å². The molecule has 2 amide bonds. The predicted octanol–water partition coefficient (Wildman–Crippen LogP) is 3.25. The van der Waals surface area contributed by atoms with Crippen LogP contribution in [0.5, 0.6) is 5.75 Å². The molecule has 132 valence electrons. The number of carbonyl (C=O) groups is 2. The van der Waals surface area contributed by atoms with Gasteiger partial charge < -0.3 is 15.3 Å². The molecule has 0 spiro atoms. The van der Waals surface area contributed by atoms with Gasteiger partial charge in [-0.05, 0) is 37.1 Å². The monoisotopic (exact) mass is 367 g/mol. The molecular formula is C19H17N3O3S. The molecule has 2 heterocycles. The minimum absolute atomic E-state index is 0.114. The van der Waals surface area contributed by atoms with Gasteiger partial charge in [0.1, 0.15) is 11.8 Å². The number of likely N-dealkylation sites (tertiary alicyclic amines) is 1. The van der Waals surface area contributed by atoms with E-state index in [1.54, 1.807) is 17.0 Å². The van der Waals surface area contributed by atoms with Gasteiger partial charge in [0, 0.05) is 18.3 Å². The molecule has 7 heteroatoms. The van der Waals surface area contributed by atoms with E-state index in [0.717, 1.165) is 11.1 Å². The highest BCUT2D eigenvalue weighted by atomic mass is 32.1. The van der Waals surface area contributed by atoms with Crippen molar-refractivity contribution >= 4 is 39.1 Å². The lowest BCUT2D eigenvalue weighted by Crippen LogP contribution is -2.43. The first-order valence-corrected chi connectivity index (χ1v) is 9.20. The largest absolute Gasteiger partial charge is 0.508 e. The van der Waals surface area contributed by atoms with E-state index in [1.165, 1.54) is 17.4 Å². The number of nitrogens with one attached hydrogen (secondary N) is 1. The van der Waals surface area contributed by atoms with Crippen LogP contribution in [0.15, 0.2) is 48.5 Å². The summed E-state index contributed by atoms with van der Waals surface area (Å²) in [6, 6.07) is 13.6. The Bertz CT molecular complexity index is 971. The predicted molar refractivity (Wildman–Crippen MR) is 100 cm³/mol. The summed E-state index contributed by atoms with van der Waals surface area (Å²) in [5, 5.41) is 12.8. The second-order valence-corrected chi connectivity index (χ2v) is 7.21. The number of benzene rings is 2. The molecule has 0 aliphatic carbocycles. The maximum Gasteiger partial charge on any atom is 0.283 e. The molecule has 1 aliphatic rings. The molecule has 0 bridgehead atoms. The van der Waals surface area contributed by atoms with Gasteiger partial charge in [-0.2, -0.15) is 0 Å². The zero-order valence-corrected chi connectivity index (χ0v) is 14.7. The quantitative estimate of drug-likeness (QED) is 0.744. The van der Waals surface area contributed by atoms with Crippen LogP contribution in [0.1, 0.15) is 22.6 Å². The average Bonchev–Trinajstić information content (AvgIpc) is 3.28. The van der Waals surface area contributed by atoms with Crippen molar-refractivity contribution in [3.05, 3.63) is 53.5 Å². The number of thiazole rings is 1. The number of rotatable bonds is 3. The number of anilines is 1. The molecule has 1 aromatic heterocycles. The highest BCUT2D eigenvalue weighted by Crippen LogP contribution is 2.28. The number of hydrogen-bond acceptors (Lipinski definition) is 5. The third kappa shape index (κ3) is 3.13. The van der Waals surface area contributed by atoms with Crippen molar-refractivity contribution < 1.29 is 14.7 Å². The average molecular weight is 367 g/mol.